The average molecular weight is 261 g/mol. The van der Waals surface area contributed by atoms with Gasteiger partial charge >= 0.3 is 5.97 Å². The molecule has 0 aliphatic heterocycles. The van der Waals surface area contributed by atoms with Gasteiger partial charge in [-0.25, -0.2) is 4.79 Å². The van der Waals surface area contributed by atoms with Gasteiger partial charge in [-0.3, -0.25) is 4.79 Å². The van der Waals surface area contributed by atoms with E-state index >= 15 is 0 Å². The van der Waals surface area contributed by atoms with Crippen LogP contribution in [0.5, 0.6) is 0 Å². The van der Waals surface area contributed by atoms with E-state index in [1.165, 1.54) is 6.07 Å². The second kappa shape index (κ2) is 3.83. The Morgan fingerprint density at radius 3 is 2.50 bits per heavy atom. The van der Waals surface area contributed by atoms with Crippen molar-refractivity contribution in [2.75, 3.05) is 19.0 Å². The Balaban J connectivity index is 3.40. The van der Waals surface area contributed by atoms with Crippen LogP contribution in [-0.4, -0.2) is 30.2 Å². The lowest BCUT2D eigenvalue weighted by atomic mass is 10.3. The van der Waals surface area contributed by atoms with Crippen molar-refractivity contribution in [3.05, 3.63) is 26.6 Å². The molecule has 0 fully saturated rings. The standard InChI is InChI=1S/C8H9BrN2O3/c1-11(2)6-4(9)3-5(8(13)14)10-7(6)12/h3H,1-2H3,(H,10,12)(H,13,14). The topological polar surface area (TPSA) is 73.4 Å². The number of aromatic amines is 1. The predicted octanol–water partition coefficient (Wildman–Crippen LogP) is 0.902. The molecule has 76 valence electrons. The molecule has 0 spiro atoms. The Labute approximate surface area is 88.5 Å². The number of H-pyrrole nitrogens is 1. The summed E-state index contributed by atoms with van der Waals surface area (Å²) < 4.78 is 0.462. The molecule has 0 saturated carbocycles. The number of rotatable bonds is 2. The summed E-state index contributed by atoms with van der Waals surface area (Å²) in [4.78, 5) is 25.9. The molecular formula is C8H9BrN2O3. The summed E-state index contributed by atoms with van der Waals surface area (Å²) in [7, 11) is 3.41. The number of hydrogen-bond acceptors (Lipinski definition) is 3. The van der Waals surface area contributed by atoms with Crippen molar-refractivity contribution in [2.24, 2.45) is 0 Å². The van der Waals surface area contributed by atoms with Crippen LogP contribution in [0.4, 0.5) is 5.69 Å². The van der Waals surface area contributed by atoms with Crippen LogP contribution in [0.3, 0.4) is 0 Å². The van der Waals surface area contributed by atoms with Crippen LogP contribution in [0.2, 0.25) is 0 Å². The van der Waals surface area contributed by atoms with Crippen molar-refractivity contribution in [3.63, 3.8) is 0 Å². The zero-order chi connectivity index (χ0) is 10.9. The van der Waals surface area contributed by atoms with Crippen molar-refractivity contribution in [1.82, 2.24) is 4.98 Å². The minimum atomic E-state index is -1.16. The minimum absolute atomic E-state index is 0.132. The van der Waals surface area contributed by atoms with Crippen molar-refractivity contribution in [2.45, 2.75) is 0 Å². The lowest BCUT2D eigenvalue weighted by Gasteiger charge is -2.13. The Bertz CT molecular complexity index is 425. The van der Waals surface area contributed by atoms with Crippen LogP contribution in [0.15, 0.2) is 15.3 Å². The molecule has 5 nitrogen and oxygen atoms in total. The number of carboxylic acid groups (broad SMARTS) is 1. The molecule has 0 saturated heterocycles. The van der Waals surface area contributed by atoms with E-state index < -0.39 is 11.5 Å². The maximum atomic E-state index is 11.4. The molecule has 0 atom stereocenters. The third kappa shape index (κ3) is 1.95. The van der Waals surface area contributed by atoms with Crippen molar-refractivity contribution in [1.29, 1.82) is 0 Å². The molecule has 2 N–H and O–H groups in total. The first-order valence-electron chi connectivity index (χ1n) is 3.77. The fourth-order valence-electron chi connectivity index (χ4n) is 1.05. The zero-order valence-electron chi connectivity index (χ0n) is 7.67. The molecule has 0 aliphatic carbocycles. The van der Waals surface area contributed by atoms with Gasteiger partial charge in [0.1, 0.15) is 11.4 Å². The molecular weight excluding hydrogens is 252 g/mol. The van der Waals surface area contributed by atoms with E-state index in [4.69, 9.17) is 5.11 Å². The van der Waals surface area contributed by atoms with E-state index in [9.17, 15) is 9.59 Å². The summed E-state index contributed by atoms with van der Waals surface area (Å²) in [6, 6.07) is 1.36. The van der Waals surface area contributed by atoms with Gasteiger partial charge in [0.15, 0.2) is 0 Å². The lowest BCUT2D eigenvalue weighted by Crippen LogP contribution is -2.23. The largest absolute Gasteiger partial charge is 0.477 e. The van der Waals surface area contributed by atoms with Gasteiger partial charge in [-0.2, -0.15) is 0 Å². The Morgan fingerprint density at radius 1 is 1.57 bits per heavy atom. The quantitative estimate of drug-likeness (QED) is 0.829. The molecule has 1 rings (SSSR count). The maximum Gasteiger partial charge on any atom is 0.352 e. The third-order valence-electron chi connectivity index (χ3n) is 1.64. The fraction of sp³-hybridized carbons (Fsp3) is 0.250. The smallest absolute Gasteiger partial charge is 0.352 e. The molecule has 0 aromatic carbocycles. The number of carbonyl (C=O) groups is 1. The first-order valence-corrected chi connectivity index (χ1v) is 4.56. The molecule has 0 radical (unpaired) electrons. The van der Waals surface area contributed by atoms with Crippen molar-refractivity contribution >= 4 is 27.6 Å². The lowest BCUT2D eigenvalue weighted by molar-refractivity contribution is 0.0690. The molecule has 1 aromatic rings. The van der Waals surface area contributed by atoms with Gasteiger partial charge in [0, 0.05) is 18.6 Å². The van der Waals surface area contributed by atoms with Crippen molar-refractivity contribution in [3.8, 4) is 0 Å². The van der Waals surface area contributed by atoms with E-state index in [2.05, 4.69) is 20.9 Å². The van der Waals surface area contributed by atoms with E-state index in [1.807, 2.05) is 0 Å². The summed E-state index contributed by atoms with van der Waals surface area (Å²) in [6.07, 6.45) is 0. The first kappa shape index (κ1) is 10.8. The summed E-state index contributed by atoms with van der Waals surface area (Å²) in [5.74, 6) is -1.16. The van der Waals surface area contributed by atoms with Crippen LogP contribution in [0.25, 0.3) is 0 Å². The summed E-state index contributed by atoms with van der Waals surface area (Å²) >= 11 is 3.14. The number of carboxylic acids is 1. The molecule has 0 bridgehead atoms. The minimum Gasteiger partial charge on any atom is -0.477 e. The van der Waals surface area contributed by atoms with Crippen LogP contribution in [0, 0.1) is 0 Å². The number of anilines is 1. The van der Waals surface area contributed by atoms with E-state index in [1.54, 1.807) is 19.0 Å². The summed E-state index contributed by atoms with van der Waals surface area (Å²) in [5.41, 5.74) is -0.163. The molecule has 1 aromatic heterocycles. The Hall–Kier alpha value is -1.30. The second-order valence-corrected chi connectivity index (χ2v) is 3.76. The number of nitrogens with one attached hydrogen (secondary N) is 1. The fourth-order valence-corrected chi connectivity index (χ4v) is 1.82. The van der Waals surface area contributed by atoms with Crippen LogP contribution in [-0.2, 0) is 0 Å². The average Bonchev–Trinajstić information content (AvgIpc) is 2.01. The highest BCUT2D eigenvalue weighted by Gasteiger charge is 2.12. The maximum absolute atomic E-state index is 11.4. The Morgan fingerprint density at radius 2 is 2.14 bits per heavy atom. The van der Waals surface area contributed by atoms with Gasteiger partial charge < -0.3 is 15.0 Å². The highest BCUT2D eigenvalue weighted by molar-refractivity contribution is 9.10. The summed E-state index contributed by atoms with van der Waals surface area (Å²) in [6.45, 7) is 0. The summed E-state index contributed by atoms with van der Waals surface area (Å²) in [5, 5.41) is 8.66. The van der Waals surface area contributed by atoms with Crippen LogP contribution >= 0.6 is 15.9 Å². The highest BCUT2D eigenvalue weighted by atomic mass is 79.9. The number of aromatic nitrogens is 1. The molecule has 0 aliphatic rings. The normalized spacial score (nSPS) is 9.93. The van der Waals surface area contributed by atoms with E-state index in [0.717, 1.165) is 0 Å². The predicted molar refractivity (Wildman–Crippen MR) is 56.0 cm³/mol. The third-order valence-corrected chi connectivity index (χ3v) is 2.24. The SMILES string of the molecule is CN(C)c1c(Br)cc(C(=O)O)[nH]c1=O. The van der Waals surface area contributed by atoms with Gasteiger partial charge in [0.25, 0.3) is 5.56 Å². The number of nitrogens with zero attached hydrogens (tertiary/aromatic N) is 1. The molecule has 1 heterocycles. The zero-order valence-corrected chi connectivity index (χ0v) is 9.25. The van der Waals surface area contributed by atoms with E-state index in [0.29, 0.717) is 10.2 Å². The van der Waals surface area contributed by atoms with Gasteiger partial charge in [0.05, 0.1) is 0 Å². The molecule has 0 unspecified atom stereocenters. The van der Waals surface area contributed by atoms with E-state index in [-0.39, 0.29) is 5.69 Å². The number of pyridine rings is 1. The van der Waals surface area contributed by atoms with Gasteiger partial charge in [0.2, 0.25) is 0 Å². The number of hydrogen-bond donors (Lipinski definition) is 2. The number of aromatic carboxylic acids is 1. The van der Waals surface area contributed by atoms with Gasteiger partial charge in [-0.05, 0) is 22.0 Å². The first-order chi connectivity index (χ1) is 6.43. The van der Waals surface area contributed by atoms with Crippen LogP contribution in [0.1, 0.15) is 10.5 Å². The van der Waals surface area contributed by atoms with Gasteiger partial charge in [-0.1, -0.05) is 0 Å². The van der Waals surface area contributed by atoms with Crippen LogP contribution < -0.4 is 10.5 Å². The van der Waals surface area contributed by atoms with Crippen molar-refractivity contribution < 1.29 is 9.90 Å². The molecule has 6 heteroatoms. The second-order valence-electron chi connectivity index (χ2n) is 2.91. The monoisotopic (exact) mass is 260 g/mol. The van der Waals surface area contributed by atoms with Gasteiger partial charge in [-0.15, -0.1) is 0 Å². The Kier molecular flexibility index (Phi) is 2.95. The highest BCUT2D eigenvalue weighted by Crippen LogP contribution is 2.20. The molecule has 0 amide bonds. The molecule has 14 heavy (non-hydrogen) atoms. The number of halogens is 1.